The van der Waals surface area contributed by atoms with Crippen LogP contribution in [0.1, 0.15) is 17.5 Å². The summed E-state index contributed by atoms with van der Waals surface area (Å²) in [5.41, 5.74) is 1.53. The summed E-state index contributed by atoms with van der Waals surface area (Å²) in [7, 11) is 0. The van der Waals surface area contributed by atoms with Crippen LogP contribution in [0.15, 0.2) is 16.6 Å². The minimum atomic E-state index is -0.258. The molecule has 3 heteroatoms. The number of halogens is 2. The van der Waals surface area contributed by atoms with Crippen molar-refractivity contribution in [2.75, 3.05) is 0 Å². The second-order valence-electron chi connectivity index (χ2n) is 3.20. The topological polar surface area (TPSA) is 17.1 Å². The molecule has 0 bridgehead atoms. The van der Waals surface area contributed by atoms with E-state index in [9.17, 15) is 9.18 Å². The van der Waals surface area contributed by atoms with Crippen molar-refractivity contribution < 1.29 is 9.18 Å². The molecule has 2 rings (SSSR count). The normalized spacial score (nSPS) is 15.7. The quantitative estimate of drug-likeness (QED) is 0.684. The highest BCUT2D eigenvalue weighted by molar-refractivity contribution is 9.10. The largest absolute Gasteiger partial charge is 0.299 e. The van der Waals surface area contributed by atoms with E-state index in [-0.39, 0.29) is 18.0 Å². The van der Waals surface area contributed by atoms with Gasteiger partial charge in [0, 0.05) is 17.3 Å². The van der Waals surface area contributed by atoms with Crippen molar-refractivity contribution in [3.63, 3.8) is 0 Å². The minimum absolute atomic E-state index is 0.129. The lowest BCUT2D eigenvalue weighted by Crippen LogP contribution is -2.15. The van der Waals surface area contributed by atoms with Gasteiger partial charge in [-0.25, -0.2) is 4.39 Å². The Morgan fingerprint density at radius 3 is 2.77 bits per heavy atom. The van der Waals surface area contributed by atoms with E-state index in [1.165, 1.54) is 6.07 Å². The monoisotopic (exact) mass is 242 g/mol. The highest BCUT2D eigenvalue weighted by Gasteiger charge is 2.20. The maximum Gasteiger partial charge on any atom is 0.137 e. The molecular weight excluding hydrogens is 235 g/mol. The van der Waals surface area contributed by atoms with Crippen LogP contribution < -0.4 is 0 Å². The van der Waals surface area contributed by atoms with E-state index in [0.717, 1.165) is 10.0 Å². The summed E-state index contributed by atoms with van der Waals surface area (Å²) in [5, 5.41) is 0. The zero-order valence-electron chi connectivity index (χ0n) is 6.94. The van der Waals surface area contributed by atoms with Crippen molar-refractivity contribution in [3.8, 4) is 0 Å². The number of carbonyl (C=O) groups is 1. The molecule has 0 amide bonds. The molecule has 13 heavy (non-hydrogen) atoms. The van der Waals surface area contributed by atoms with E-state index >= 15 is 0 Å². The first-order valence-electron chi connectivity index (χ1n) is 4.16. The van der Waals surface area contributed by atoms with Crippen molar-refractivity contribution in [3.05, 3.63) is 33.5 Å². The highest BCUT2D eigenvalue weighted by atomic mass is 79.9. The van der Waals surface area contributed by atoms with Gasteiger partial charge in [0.15, 0.2) is 0 Å². The first-order chi connectivity index (χ1) is 6.18. The first kappa shape index (κ1) is 8.88. The molecule has 0 N–H and O–H groups in total. The molecule has 0 aromatic heterocycles. The lowest BCUT2D eigenvalue weighted by atomic mass is 9.90. The van der Waals surface area contributed by atoms with Crippen LogP contribution in [0.25, 0.3) is 0 Å². The van der Waals surface area contributed by atoms with Gasteiger partial charge in [0.25, 0.3) is 0 Å². The van der Waals surface area contributed by atoms with Gasteiger partial charge in [0.1, 0.15) is 11.6 Å². The SMILES string of the molecule is O=C1CCc2c(Br)ccc(F)c2C1. The van der Waals surface area contributed by atoms with Crippen LogP contribution in [0.5, 0.6) is 0 Å². The van der Waals surface area contributed by atoms with Crippen molar-refractivity contribution >= 4 is 21.7 Å². The number of fused-ring (bicyclic) bond motifs is 1. The van der Waals surface area contributed by atoms with Gasteiger partial charge in [0.2, 0.25) is 0 Å². The third-order valence-corrected chi connectivity index (χ3v) is 3.09. The maximum atomic E-state index is 13.3. The molecule has 1 aromatic carbocycles. The van der Waals surface area contributed by atoms with Gasteiger partial charge in [-0.2, -0.15) is 0 Å². The Labute approximate surface area is 84.1 Å². The number of rotatable bonds is 0. The van der Waals surface area contributed by atoms with Gasteiger partial charge in [-0.1, -0.05) is 15.9 Å². The number of Topliss-reactive ketones (excluding diaryl/α,β-unsaturated/α-hetero) is 1. The summed E-state index contributed by atoms with van der Waals surface area (Å²) in [6.07, 6.45) is 1.45. The zero-order chi connectivity index (χ0) is 9.42. The fraction of sp³-hybridized carbons (Fsp3) is 0.300. The summed E-state index contributed by atoms with van der Waals surface area (Å²) in [6.45, 7) is 0. The molecule has 0 radical (unpaired) electrons. The Kier molecular flexibility index (Phi) is 2.20. The van der Waals surface area contributed by atoms with E-state index < -0.39 is 0 Å². The fourth-order valence-electron chi connectivity index (χ4n) is 1.65. The van der Waals surface area contributed by atoms with Gasteiger partial charge in [-0.3, -0.25) is 4.79 Å². The molecule has 1 aliphatic rings. The van der Waals surface area contributed by atoms with E-state index in [4.69, 9.17) is 0 Å². The molecule has 0 fully saturated rings. The van der Waals surface area contributed by atoms with Crippen LogP contribution in [-0.4, -0.2) is 5.78 Å². The average Bonchev–Trinajstić information content (AvgIpc) is 2.12. The van der Waals surface area contributed by atoms with Gasteiger partial charge >= 0.3 is 0 Å². The number of hydrogen-bond acceptors (Lipinski definition) is 1. The Bertz CT molecular complexity index is 373. The van der Waals surface area contributed by atoms with E-state index in [0.29, 0.717) is 18.4 Å². The van der Waals surface area contributed by atoms with Gasteiger partial charge in [-0.05, 0) is 29.7 Å². The summed E-state index contributed by atoms with van der Waals surface area (Å²) >= 11 is 3.36. The van der Waals surface area contributed by atoms with Crippen LogP contribution in [0.3, 0.4) is 0 Å². The molecular formula is C10H8BrFO. The van der Waals surface area contributed by atoms with Crippen LogP contribution >= 0.6 is 15.9 Å². The molecule has 0 atom stereocenters. The summed E-state index contributed by atoms with van der Waals surface area (Å²) in [4.78, 5) is 11.1. The Hall–Kier alpha value is -0.700. The molecule has 0 aliphatic heterocycles. The predicted octanol–water partition coefficient (Wildman–Crippen LogP) is 2.65. The lowest BCUT2D eigenvalue weighted by molar-refractivity contribution is -0.118. The zero-order valence-corrected chi connectivity index (χ0v) is 8.53. The Balaban J connectivity index is 2.57. The van der Waals surface area contributed by atoms with Crippen LogP contribution in [0, 0.1) is 5.82 Å². The van der Waals surface area contributed by atoms with Crippen molar-refractivity contribution in [1.82, 2.24) is 0 Å². The van der Waals surface area contributed by atoms with Crippen molar-refractivity contribution in [2.24, 2.45) is 0 Å². The van der Waals surface area contributed by atoms with Crippen LogP contribution in [0.2, 0.25) is 0 Å². The molecule has 68 valence electrons. The third kappa shape index (κ3) is 1.53. The Morgan fingerprint density at radius 2 is 2.00 bits per heavy atom. The van der Waals surface area contributed by atoms with Crippen molar-refractivity contribution in [2.45, 2.75) is 19.3 Å². The third-order valence-electron chi connectivity index (χ3n) is 2.34. The van der Waals surface area contributed by atoms with Gasteiger partial charge < -0.3 is 0 Å². The second-order valence-corrected chi connectivity index (χ2v) is 4.06. The number of ketones is 1. The molecule has 0 saturated heterocycles. The second kappa shape index (κ2) is 3.22. The van der Waals surface area contributed by atoms with Crippen LogP contribution in [0.4, 0.5) is 4.39 Å². The Morgan fingerprint density at radius 1 is 1.23 bits per heavy atom. The standard InChI is InChI=1S/C10H8BrFO/c11-9-3-4-10(12)8-5-6(13)1-2-7(8)9/h3-4H,1-2,5H2. The summed E-state index contributed by atoms with van der Waals surface area (Å²) in [6, 6.07) is 3.10. The van der Waals surface area contributed by atoms with Gasteiger partial charge in [0.05, 0.1) is 0 Å². The van der Waals surface area contributed by atoms with Crippen molar-refractivity contribution in [1.29, 1.82) is 0 Å². The van der Waals surface area contributed by atoms with Gasteiger partial charge in [-0.15, -0.1) is 0 Å². The number of benzene rings is 1. The molecule has 1 aliphatic carbocycles. The van der Waals surface area contributed by atoms with Crippen LogP contribution in [-0.2, 0) is 17.6 Å². The van der Waals surface area contributed by atoms with E-state index in [1.807, 2.05) is 0 Å². The molecule has 1 aromatic rings. The van der Waals surface area contributed by atoms with E-state index in [1.54, 1.807) is 6.07 Å². The highest BCUT2D eigenvalue weighted by Crippen LogP contribution is 2.28. The number of hydrogen-bond donors (Lipinski definition) is 0. The summed E-state index contributed by atoms with van der Waals surface area (Å²) in [5.74, 6) is -0.129. The molecule has 0 unspecified atom stereocenters. The predicted molar refractivity (Wildman–Crippen MR) is 51.1 cm³/mol. The molecule has 0 heterocycles. The molecule has 1 nitrogen and oxygen atoms in total. The summed E-state index contributed by atoms with van der Waals surface area (Å²) < 4.78 is 14.2. The lowest BCUT2D eigenvalue weighted by Gasteiger charge is -2.16. The smallest absolute Gasteiger partial charge is 0.137 e. The molecule has 0 saturated carbocycles. The molecule has 0 spiro atoms. The first-order valence-corrected chi connectivity index (χ1v) is 4.95. The fourth-order valence-corrected chi connectivity index (χ4v) is 2.22. The maximum absolute atomic E-state index is 13.3. The minimum Gasteiger partial charge on any atom is -0.299 e. The van der Waals surface area contributed by atoms with E-state index in [2.05, 4.69) is 15.9 Å². The average molecular weight is 243 g/mol. The number of carbonyl (C=O) groups excluding carboxylic acids is 1.